The van der Waals surface area contributed by atoms with Crippen molar-refractivity contribution in [2.24, 2.45) is 5.92 Å². The topological polar surface area (TPSA) is 114 Å². The third-order valence-corrected chi connectivity index (χ3v) is 7.99. The number of alkyl halides is 3. The predicted molar refractivity (Wildman–Crippen MR) is 140 cm³/mol. The summed E-state index contributed by atoms with van der Waals surface area (Å²) in [6.45, 7) is 1.86. The Kier molecular flexibility index (Phi) is 8.13. The third kappa shape index (κ3) is 6.55. The zero-order valence-corrected chi connectivity index (χ0v) is 21.6. The van der Waals surface area contributed by atoms with Crippen LogP contribution < -0.4 is 20.4 Å². The second-order valence-electron chi connectivity index (χ2n) is 10.7. The van der Waals surface area contributed by atoms with Crippen molar-refractivity contribution in [1.29, 1.82) is 0 Å². The first-order valence-corrected chi connectivity index (χ1v) is 13.6. The van der Waals surface area contributed by atoms with E-state index in [1.54, 1.807) is 11.1 Å². The quantitative estimate of drug-likeness (QED) is 0.436. The zero-order valence-electron chi connectivity index (χ0n) is 21.6. The van der Waals surface area contributed by atoms with E-state index >= 15 is 0 Å². The van der Waals surface area contributed by atoms with Gasteiger partial charge in [-0.05, 0) is 49.9 Å². The van der Waals surface area contributed by atoms with Gasteiger partial charge in [-0.3, -0.25) is 4.79 Å². The molecule has 4 N–H and O–H groups in total. The first-order chi connectivity index (χ1) is 18.7. The molecule has 2 aromatic heterocycles. The summed E-state index contributed by atoms with van der Waals surface area (Å²) >= 11 is 0. The largest absolute Gasteiger partial charge is 0.433 e. The average Bonchev–Trinajstić information content (AvgIpc) is 3.44. The summed E-state index contributed by atoms with van der Waals surface area (Å²) in [6, 6.07) is 6.85. The molecule has 3 atom stereocenters. The monoisotopic (exact) mass is 548 g/mol. The van der Waals surface area contributed by atoms with E-state index in [2.05, 4.69) is 25.5 Å². The number of rotatable bonds is 6. The highest BCUT2D eigenvalue weighted by Gasteiger charge is 2.37. The van der Waals surface area contributed by atoms with Gasteiger partial charge in [0, 0.05) is 38.1 Å². The van der Waals surface area contributed by atoms with E-state index in [0.29, 0.717) is 11.9 Å². The maximum atomic E-state index is 13.0. The van der Waals surface area contributed by atoms with E-state index in [1.807, 2.05) is 12.1 Å². The van der Waals surface area contributed by atoms with E-state index < -0.39 is 30.1 Å². The third-order valence-electron chi connectivity index (χ3n) is 7.99. The molecule has 3 aliphatic rings. The van der Waals surface area contributed by atoms with Crippen molar-refractivity contribution in [2.45, 2.75) is 69.0 Å². The van der Waals surface area contributed by atoms with E-state index in [4.69, 9.17) is 0 Å². The van der Waals surface area contributed by atoms with Gasteiger partial charge in [0.1, 0.15) is 23.4 Å². The number of aliphatic hydroxyl groups excluding tert-OH is 2. The van der Waals surface area contributed by atoms with Crippen molar-refractivity contribution in [2.75, 3.05) is 41.3 Å². The Morgan fingerprint density at radius 3 is 2.38 bits per heavy atom. The van der Waals surface area contributed by atoms with Crippen molar-refractivity contribution in [3.63, 3.8) is 0 Å². The van der Waals surface area contributed by atoms with Gasteiger partial charge in [0.25, 0.3) is 0 Å². The van der Waals surface area contributed by atoms with Gasteiger partial charge in [0.2, 0.25) is 5.91 Å². The lowest BCUT2D eigenvalue weighted by Crippen LogP contribution is -2.58. The molecule has 0 aromatic carbocycles. The van der Waals surface area contributed by atoms with Crippen molar-refractivity contribution in [1.82, 2.24) is 15.3 Å². The average molecular weight is 549 g/mol. The number of amides is 1. The number of piperidine rings is 2. The van der Waals surface area contributed by atoms with Crippen LogP contribution in [0.5, 0.6) is 0 Å². The van der Waals surface area contributed by atoms with Gasteiger partial charge < -0.3 is 30.6 Å². The summed E-state index contributed by atoms with van der Waals surface area (Å²) in [4.78, 5) is 24.8. The molecule has 3 fully saturated rings. The van der Waals surface area contributed by atoms with Gasteiger partial charge in [0.15, 0.2) is 0 Å². The summed E-state index contributed by atoms with van der Waals surface area (Å²) in [6.07, 6.45) is 0.951. The molecule has 39 heavy (non-hydrogen) atoms. The molecule has 9 nitrogen and oxygen atoms in total. The van der Waals surface area contributed by atoms with Crippen LogP contribution in [0.25, 0.3) is 0 Å². The molecule has 1 aliphatic carbocycles. The second-order valence-corrected chi connectivity index (χ2v) is 10.7. The molecule has 12 heteroatoms. The fraction of sp³-hybridized carbons (Fsp3) is 0.593. The fourth-order valence-corrected chi connectivity index (χ4v) is 5.74. The van der Waals surface area contributed by atoms with E-state index in [9.17, 15) is 28.2 Å². The van der Waals surface area contributed by atoms with E-state index in [1.165, 1.54) is 25.0 Å². The van der Waals surface area contributed by atoms with E-state index in [-0.39, 0.29) is 30.7 Å². The van der Waals surface area contributed by atoms with Crippen LogP contribution in [0.4, 0.5) is 30.5 Å². The number of carbonyl (C=O) groups is 1. The lowest BCUT2D eigenvalue weighted by atomic mass is 9.95. The first-order valence-electron chi connectivity index (χ1n) is 13.6. The van der Waals surface area contributed by atoms with Gasteiger partial charge in [-0.2, -0.15) is 13.2 Å². The zero-order chi connectivity index (χ0) is 27.6. The maximum Gasteiger partial charge on any atom is 0.433 e. The molecule has 4 heterocycles. The van der Waals surface area contributed by atoms with Crippen LogP contribution in [-0.4, -0.2) is 76.6 Å². The van der Waals surface area contributed by atoms with Crippen molar-refractivity contribution >= 4 is 23.2 Å². The maximum absolute atomic E-state index is 13.0. The number of halogens is 3. The summed E-state index contributed by atoms with van der Waals surface area (Å²) in [7, 11) is 0. The number of anilines is 3. The molecule has 0 spiro atoms. The van der Waals surface area contributed by atoms with Crippen LogP contribution in [0.2, 0.25) is 0 Å². The molecular formula is C27H35F3N6O3. The minimum absolute atomic E-state index is 0.0334. The standard InChI is InChI=1S/C27H35F3N6O3/c28-27(29,30)22-6-3-7-23(34-22)33-20-15-36(16-21(37)25(20)38)24-9-8-19(14-31-24)35-12-10-17(11-13-35)26(39)32-18-4-1-2-5-18/h3,6-9,14,17-18,20-21,25,37-38H,1-2,4-5,10-13,15-16H2,(H,32,39)(H,33,34)/t20-,21-,25+/m0/s1. The molecule has 0 unspecified atom stereocenters. The highest BCUT2D eigenvalue weighted by molar-refractivity contribution is 5.79. The number of hydrogen-bond donors (Lipinski definition) is 4. The number of nitrogens with one attached hydrogen (secondary N) is 2. The lowest BCUT2D eigenvalue weighted by molar-refractivity contribution is -0.141. The Bertz CT molecular complexity index is 1120. The molecule has 2 saturated heterocycles. The van der Waals surface area contributed by atoms with Crippen LogP contribution in [0.3, 0.4) is 0 Å². The minimum atomic E-state index is -4.59. The number of nitrogens with zero attached hydrogens (tertiary/aromatic N) is 4. The Morgan fingerprint density at radius 1 is 0.974 bits per heavy atom. The van der Waals surface area contributed by atoms with Gasteiger partial charge in [-0.15, -0.1) is 0 Å². The summed E-state index contributed by atoms with van der Waals surface area (Å²) in [5, 5.41) is 27.0. The Balaban J connectivity index is 1.18. The molecule has 0 radical (unpaired) electrons. The van der Waals surface area contributed by atoms with Gasteiger partial charge in [-0.25, -0.2) is 9.97 Å². The lowest BCUT2D eigenvalue weighted by Gasteiger charge is -2.40. The number of β-amino-alcohol motifs (C(OH)–C–C–N with tert-alkyl or cyclic N) is 1. The van der Waals surface area contributed by atoms with Crippen LogP contribution >= 0.6 is 0 Å². The van der Waals surface area contributed by atoms with Crippen molar-refractivity contribution < 1.29 is 28.2 Å². The van der Waals surface area contributed by atoms with Crippen molar-refractivity contribution in [3.05, 3.63) is 42.2 Å². The smallest absolute Gasteiger partial charge is 0.388 e. The highest BCUT2D eigenvalue weighted by atomic mass is 19.4. The number of pyridine rings is 2. The first kappa shape index (κ1) is 27.4. The predicted octanol–water partition coefficient (Wildman–Crippen LogP) is 2.79. The molecule has 2 aromatic rings. The number of carbonyl (C=O) groups excluding carboxylic acids is 1. The summed E-state index contributed by atoms with van der Waals surface area (Å²) in [5.74, 6) is 0.751. The SMILES string of the molecule is O=C(NC1CCCC1)C1CCN(c2ccc(N3C[C@H](Nc4cccc(C(F)(F)F)n4)[C@@H](O)[C@@H](O)C3)nc2)CC1. The second kappa shape index (κ2) is 11.5. The van der Waals surface area contributed by atoms with Crippen LogP contribution in [0, 0.1) is 5.92 Å². The molecule has 0 bridgehead atoms. The Labute approximate surface area is 225 Å². The van der Waals surface area contributed by atoms with Crippen LogP contribution in [-0.2, 0) is 11.0 Å². The summed E-state index contributed by atoms with van der Waals surface area (Å²) < 4.78 is 39.1. The molecule has 1 saturated carbocycles. The van der Waals surface area contributed by atoms with Gasteiger partial charge >= 0.3 is 6.18 Å². The molecular weight excluding hydrogens is 513 g/mol. The normalized spacial score (nSPS) is 25.1. The van der Waals surface area contributed by atoms with Gasteiger partial charge in [-0.1, -0.05) is 18.9 Å². The Morgan fingerprint density at radius 2 is 1.72 bits per heavy atom. The van der Waals surface area contributed by atoms with E-state index in [0.717, 1.165) is 50.5 Å². The number of hydrogen-bond acceptors (Lipinski definition) is 8. The highest BCUT2D eigenvalue weighted by Crippen LogP contribution is 2.30. The molecule has 212 valence electrons. The number of aromatic nitrogens is 2. The minimum Gasteiger partial charge on any atom is -0.388 e. The van der Waals surface area contributed by atoms with Gasteiger partial charge in [0.05, 0.1) is 24.0 Å². The molecule has 1 amide bonds. The fourth-order valence-electron chi connectivity index (χ4n) is 5.74. The Hall–Kier alpha value is -3.12. The van der Waals surface area contributed by atoms with Crippen molar-refractivity contribution in [3.8, 4) is 0 Å². The van der Waals surface area contributed by atoms with Crippen LogP contribution in [0.15, 0.2) is 36.5 Å². The van der Waals surface area contributed by atoms with Crippen LogP contribution in [0.1, 0.15) is 44.2 Å². The molecule has 5 rings (SSSR count). The molecule has 2 aliphatic heterocycles. The summed E-state index contributed by atoms with van der Waals surface area (Å²) in [5.41, 5.74) is -0.0974. The number of aliphatic hydroxyl groups is 2.